The van der Waals surface area contributed by atoms with Crippen LogP contribution < -0.4 is 4.90 Å². The number of rotatable bonds is 5. The molecule has 0 amide bonds. The largest absolute Gasteiger partial charge is 0.310 e. The average Bonchev–Trinajstić information content (AvgIpc) is 3.66. The summed E-state index contributed by atoms with van der Waals surface area (Å²) >= 11 is 0. The van der Waals surface area contributed by atoms with Gasteiger partial charge in [-0.1, -0.05) is 200 Å². The Kier molecular flexibility index (Phi) is 8.16. The topological polar surface area (TPSA) is 16.1 Å². The molecule has 0 N–H and O–H groups in total. The van der Waals surface area contributed by atoms with Gasteiger partial charge in [-0.3, -0.25) is 4.98 Å². The quantitative estimate of drug-likeness (QED) is 0.161. The van der Waals surface area contributed by atoms with E-state index in [4.69, 9.17) is 4.98 Å². The molecular formula is C62H40N2. The first-order valence-corrected chi connectivity index (χ1v) is 22.1. The third-order valence-electron chi connectivity index (χ3n) is 13.7. The van der Waals surface area contributed by atoms with Crippen molar-refractivity contribution in [3.05, 3.63) is 265 Å². The molecule has 13 rings (SSSR count). The number of anilines is 3. The van der Waals surface area contributed by atoms with Gasteiger partial charge in [0.2, 0.25) is 0 Å². The van der Waals surface area contributed by atoms with Crippen LogP contribution in [0.3, 0.4) is 0 Å². The van der Waals surface area contributed by atoms with E-state index >= 15 is 0 Å². The fraction of sp³-hybridized carbons (Fsp3) is 0.0161. The lowest BCUT2D eigenvalue weighted by Crippen LogP contribution is -2.36. The summed E-state index contributed by atoms with van der Waals surface area (Å²) in [6.07, 6.45) is 2.07. The molecule has 2 nitrogen and oxygen atoms in total. The number of aromatic nitrogens is 1. The molecule has 0 saturated heterocycles. The van der Waals surface area contributed by atoms with Crippen molar-refractivity contribution >= 4 is 38.6 Å². The van der Waals surface area contributed by atoms with Crippen molar-refractivity contribution in [2.75, 3.05) is 4.90 Å². The summed E-state index contributed by atoms with van der Waals surface area (Å²) in [6, 6.07) is 86.6. The van der Waals surface area contributed by atoms with Crippen LogP contribution in [-0.2, 0) is 5.41 Å². The summed E-state index contributed by atoms with van der Waals surface area (Å²) in [5.41, 5.74) is 20.1. The Labute approximate surface area is 373 Å². The summed E-state index contributed by atoms with van der Waals surface area (Å²) in [7, 11) is 0. The molecule has 1 aromatic heterocycles. The first kappa shape index (κ1) is 36.3. The van der Waals surface area contributed by atoms with Gasteiger partial charge < -0.3 is 4.90 Å². The third-order valence-corrected chi connectivity index (χ3v) is 13.7. The minimum absolute atomic E-state index is 0.483. The van der Waals surface area contributed by atoms with Crippen LogP contribution in [0.4, 0.5) is 17.1 Å². The summed E-state index contributed by atoms with van der Waals surface area (Å²) in [4.78, 5) is 7.72. The predicted molar refractivity (Wildman–Crippen MR) is 267 cm³/mol. The van der Waals surface area contributed by atoms with Crippen LogP contribution in [0.5, 0.6) is 0 Å². The summed E-state index contributed by atoms with van der Waals surface area (Å²) < 4.78 is 0. The number of nitrogens with zero attached hydrogens (tertiary/aromatic N) is 2. The van der Waals surface area contributed by atoms with E-state index in [2.05, 4.69) is 248 Å². The molecule has 2 heterocycles. The molecule has 0 unspecified atom stereocenters. The first-order valence-electron chi connectivity index (χ1n) is 22.1. The van der Waals surface area contributed by atoms with Crippen molar-refractivity contribution in [1.29, 1.82) is 0 Å². The van der Waals surface area contributed by atoms with Crippen LogP contribution in [-0.4, -0.2) is 4.98 Å². The van der Waals surface area contributed by atoms with Gasteiger partial charge in [0.25, 0.3) is 0 Å². The Bertz CT molecular complexity index is 3490. The number of benzene rings is 10. The van der Waals surface area contributed by atoms with E-state index in [9.17, 15) is 0 Å². The third kappa shape index (κ3) is 5.30. The lowest BCUT2D eigenvalue weighted by atomic mass is 9.64. The maximum Gasteiger partial charge on any atom is 0.0754 e. The molecule has 1 spiro atoms. The molecule has 0 radical (unpaired) electrons. The van der Waals surface area contributed by atoms with Crippen molar-refractivity contribution in [2.45, 2.75) is 5.41 Å². The van der Waals surface area contributed by atoms with Gasteiger partial charge in [-0.25, -0.2) is 0 Å². The number of hydrogen-bond acceptors (Lipinski definition) is 2. The molecule has 298 valence electrons. The molecule has 1 aliphatic heterocycles. The van der Waals surface area contributed by atoms with Crippen LogP contribution in [0, 0.1) is 0 Å². The molecule has 0 bridgehead atoms. The predicted octanol–water partition coefficient (Wildman–Crippen LogP) is 16.2. The molecule has 0 atom stereocenters. The minimum atomic E-state index is -0.483. The maximum atomic E-state index is 5.29. The van der Waals surface area contributed by atoms with E-state index in [1.807, 2.05) is 0 Å². The van der Waals surface area contributed by atoms with Gasteiger partial charge in [0, 0.05) is 23.0 Å². The van der Waals surface area contributed by atoms with E-state index in [-0.39, 0.29) is 0 Å². The molecule has 10 aromatic carbocycles. The SMILES string of the molecule is c1ccc(-c2ccc(-c3c4ccccc4c(-c4ccc(-c5ccc6c(c5)-c5ccccc5C65c6ccccc6N(c6ccccc6)c6ccccc65)cn4)c4ccccc34)cc2)cc1. The Hall–Kier alpha value is -8.33. The van der Waals surface area contributed by atoms with E-state index in [1.54, 1.807) is 0 Å². The van der Waals surface area contributed by atoms with Crippen LogP contribution in [0.2, 0.25) is 0 Å². The van der Waals surface area contributed by atoms with Crippen molar-refractivity contribution in [2.24, 2.45) is 0 Å². The summed E-state index contributed by atoms with van der Waals surface area (Å²) in [5.74, 6) is 0. The van der Waals surface area contributed by atoms with Crippen LogP contribution >= 0.6 is 0 Å². The standard InChI is InChI=1S/C62H40N2/c1-3-17-41(18-4-1)42-31-33-43(34-32-42)60-48-22-7-9-24-50(48)61(51-25-10-8-23-49(51)60)57-38-36-45(40-63-57)44-35-37-54-52(39-44)47-21-11-12-26-53(47)62(54)55-27-13-15-29-58(55)64(46-19-5-2-6-20-46)59-30-16-14-28-56(59)62/h1-40H. The fourth-order valence-electron chi connectivity index (χ4n) is 11.0. The zero-order valence-corrected chi connectivity index (χ0v) is 35.0. The molecule has 2 heteroatoms. The van der Waals surface area contributed by atoms with Crippen LogP contribution in [0.1, 0.15) is 22.3 Å². The molecule has 0 saturated carbocycles. The second kappa shape index (κ2) is 14.4. The molecule has 64 heavy (non-hydrogen) atoms. The maximum absolute atomic E-state index is 5.29. The smallest absolute Gasteiger partial charge is 0.0754 e. The molecular weight excluding hydrogens is 773 g/mol. The number of pyridine rings is 1. The van der Waals surface area contributed by atoms with E-state index in [0.717, 1.165) is 28.1 Å². The average molecular weight is 813 g/mol. The van der Waals surface area contributed by atoms with Gasteiger partial charge in [-0.15, -0.1) is 0 Å². The van der Waals surface area contributed by atoms with E-state index in [0.29, 0.717) is 0 Å². The molecule has 2 aliphatic rings. The fourth-order valence-corrected chi connectivity index (χ4v) is 11.0. The lowest BCUT2D eigenvalue weighted by Gasteiger charge is -2.45. The normalized spacial score (nSPS) is 13.1. The van der Waals surface area contributed by atoms with Gasteiger partial charge >= 0.3 is 0 Å². The highest BCUT2D eigenvalue weighted by Gasteiger charge is 2.51. The minimum Gasteiger partial charge on any atom is -0.310 e. The molecule has 11 aromatic rings. The highest BCUT2D eigenvalue weighted by Crippen LogP contribution is 2.63. The Morgan fingerprint density at radius 3 is 1.41 bits per heavy atom. The van der Waals surface area contributed by atoms with Gasteiger partial charge in [0.1, 0.15) is 0 Å². The number of para-hydroxylation sites is 3. The van der Waals surface area contributed by atoms with Gasteiger partial charge in [0.15, 0.2) is 0 Å². The number of fused-ring (bicyclic) bond motifs is 11. The van der Waals surface area contributed by atoms with Crippen molar-refractivity contribution in [1.82, 2.24) is 4.98 Å². The van der Waals surface area contributed by atoms with E-state index < -0.39 is 5.41 Å². The van der Waals surface area contributed by atoms with Gasteiger partial charge in [0.05, 0.1) is 22.5 Å². The van der Waals surface area contributed by atoms with Gasteiger partial charge in [-0.2, -0.15) is 0 Å². The van der Waals surface area contributed by atoms with E-state index in [1.165, 1.54) is 88.6 Å². The molecule has 0 fully saturated rings. The monoisotopic (exact) mass is 812 g/mol. The highest BCUT2D eigenvalue weighted by atomic mass is 15.2. The number of hydrogen-bond donors (Lipinski definition) is 0. The summed E-state index contributed by atoms with van der Waals surface area (Å²) in [6.45, 7) is 0. The first-order chi connectivity index (χ1) is 31.8. The zero-order valence-electron chi connectivity index (χ0n) is 35.0. The van der Waals surface area contributed by atoms with Crippen molar-refractivity contribution < 1.29 is 0 Å². The van der Waals surface area contributed by atoms with Crippen LogP contribution in [0.15, 0.2) is 243 Å². The zero-order chi connectivity index (χ0) is 42.2. The van der Waals surface area contributed by atoms with Gasteiger partial charge in [-0.05, 0) is 119 Å². The summed E-state index contributed by atoms with van der Waals surface area (Å²) in [5, 5.41) is 4.83. The Balaban J connectivity index is 0.934. The Morgan fingerprint density at radius 2 is 0.781 bits per heavy atom. The second-order valence-corrected chi connectivity index (χ2v) is 17.0. The second-order valence-electron chi connectivity index (χ2n) is 17.0. The van der Waals surface area contributed by atoms with Crippen LogP contribution in [0.25, 0.3) is 77.3 Å². The van der Waals surface area contributed by atoms with Crippen molar-refractivity contribution in [3.63, 3.8) is 0 Å². The lowest BCUT2D eigenvalue weighted by molar-refractivity contribution is 0.753. The molecule has 1 aliphatic carbocycles. The van der Waals surface area contributed by atoms with Crippen molar-refractivity contribution in [3.8, 4) is 55.8 Å². The highest BCUT2D eigenvalue weighted by molar-refractivity contribution is 6.21. The Morgan fingerprint density at radius 1 is 0.312 bits per heavy atom.